The molecule has 5 nitrogen and oxygen atoms in total. The van der Waals surface area contributed by atoms with Crippen LogP contribution in [0.25, 0.3) is 16.5 Å². The number of fused-ring (bicyclic) bond motifs is 1. The minimum Gasteiger partial charge on any atom is -0.456 e. The van der Waals surface area contributed by atoms with E-state index in [2.05, 4.69) is 28.7 Å². The van der Waals surface area contributed by atoms with Gasteiger partial charge in [-0.3, -0.25) is 4.79 Å². The molecule has 1 aromatic carbocycles. The third-order valence-electron chi connectivity index (χ3n) is 5.93. The van der Waals surface area contributed by atoms with Crippen LogP contribution in [-0.2, 0) is 11.3 Å². The van der Waals surface area contributed by atoms with E-state index in [4.69, 9.17) is 16.0 Å². The summed E-state index contributed by atoms with van der Waals surface area (Å²) < 4.78 is 6.23. The molecule has 2 N–H and O–H groups in total. The highest BCUT2D eigenvalue weighted by Crippen LogP contribution is 2.31. The first-order valence-corrected chi connectivity index (χ1v) is 12.0. The molecule has 1 aliphatic rings. The van der Waals surface area contributed by atoms with Crippen molar-refractivity contribution in [1.82, 2.24) is 15.5 Å². The minimum absolute atomic E-state index is 0. The quantitative estimate of drug-likeness (QED) is 0.362. The molecule has 0 saturated carbocycles. The summed E-state index contributed by atoms with van der Waals surface area (Å²) in [5, 5.41) is 7.77. The number of halogens is 2. The fraction of sp³-hybridized carbons (Fsp3) is 0.321. The summed E-state index contributed by atoms with van der Waals surface area (Å²) in [6, 6.07) is 5.67. The average Bonchev–Trinajstić information content (AvgIpc) is 3.23. The predicted molar refractivity (Wildman–Crippen MR) is 150 cm³/mol. The van der Waals surface area contributed by atoms with Crippen LogP contribution in [0.15, 0.2) is 77.5 Å². The number of allylic oxidation sites excluding steroid dienone is 7. The van der Waals surface area contributed by atoms with Crippen LogP contribution in [0.5, 0.6) is 0 Å². The number of carbonyl (C=O) groups excluding carboxylic acids is 1. The van der Waals surface area contributed by atoms with Crippen LogP contribution in [0.4, 0.5) is 0 Å². The molecule has 0 radical (unpaired) electrons. The molecule has 2 aromatic rings. The van der Waals surface area contributed by atoms with Gasteiger partial charge in [-0.1, -0.05) is 55.5 Å². The van der Waals surface area contributed by atoms with Gasteiger partial charge in [0, 0.05) is 46.5 Å². The normalized spacial score (nSPS) is 16.7. The third kappa shape index (κ3) is 7.63. The molecule has 0 aliphatic carbocycles. The van der Waals surface area contributed by atoms with Gasteiger partial charge < -0.3 is 20.0 Å². The second kappa shape index (κ2) is 13.4. The highest BCUT2D eigenvalue weighted by Gasteiger charge is 2.20. The lowest BCUT2D eigenvalue weighted by Crippen LogP contribution is -2.46. The number of rotatable bonds is 9. The van der Waals surface area contributed by atoms with Crippen molar-refractivity contribution in [3.05, 3.63) is 89.5 Å². The van der Waals surface area contributed by atoms with E-state index in [0.717, 1.165) is 59.4 Å². The zero-order valence-corrected chi connectivity index (χ0v) is 22.3. The van der Waals surface area contributed by atoms with Gasteiger partial charge in [0.15, 0.2) is 0 Å². The van der Waals surface area contributed by atoms with Crippen molar-refractivity contribution in [1.29, 1.82) is 0 Å². The number of furan rings is 1. The number of amides is 1. The van der Waals surface area contributed by atoms with E-state index in [0.29, 0.717) is 17.3 Å². The number of carbonyl (C=O) groups is 1. The average molecular weight is 517 g/mol. The maximum absolute atomic E-state index is 12.5. The summed E-state index contributed by atoms with van der Waals surface area (Å²) in [5.41, 5.74) is 4.20. The Morgan fingerprint density at radius 2 is 2.11 bits per heavy atom. The Morgan fingerprint density at radius 3 is 2.77 bits per heavy atom. The number of nitrogens with zero attached hydrogens (tertiary/aromatic N) is 1. The Kier molecular flexibility index (Phi) is 10.9. The van der Waals surface area contributed by atoms with Gasteiger partial charge in [0.1, 0.15) is 11.3 Å². The van der Waals surface area contributed by atoms with Crippen LogP contribution in [0.3, 0.4) is 0 Å². The zero-order valence-electron chi connectivity index (χ0n) is 20.7. The first kappa shape index (κ1) is 28.5. The third-order valence-corrected chi connectivity index (χ3v) is 6.15. The number of nitrogens with one attached hydrogen (secondary N) is 2. The number of piperidine rings is 1. The largest absolute Gasteiger partial charge is 0.456 e. The lowest BCUT2D eigenvalue weighted by atomic mass is 10.0. The highest BCUT2D eigenvalue weighted by molar-refractivity contribution is 6.31. The van der Waals surface area contributed by atoms with E-state index in [1.165, 1.54) is 0 Å². The topological polar surface area (TPSA) is 57.5 Å². The van der Waals surface area contributed by atoms with E-state index < -0.39 is 0 Å². The van der Waals surface area contributed by atoms with Crippen LogP contribution in [0.2, 0.25) is 5.02 Å². The fourth-order valence-electron chi connectivity index (χ4n) is 4.00. The lowest BCUT2D eigenvalue weighted by Gasteiger charge is -2.23. The van der Waals surface area contributed by atoms with E-state index in [1.54, 1.807) is 6.08 Å². The molecule has 7 heteroatoms. The summed E-state index contributed by atoms with van der Waals surface area (Å²) in [7, 11) is 1.99. The number of benzene rings is 1. The van der Waals surface area contributed by atoms with Gasteiger partial charge in [0.2, 0.25) is 5.91 Å². The van der Waals surface area contributed by atoms with Crippen molar-refractivity contribution in [3.8, 4) is 0 Å². The molecular weight excluding hydrogens is 481 g/mol. The Hall–Kier alpha value is -2.73. The van der Waals surface area contributed by atoms with Gasteiger partial charge in [0.25, 0.3) is 0 Å². The van der Waals surface area contributed by atoms with E-state index in [-0.39, 0.29) is 24.4 Å². The number of hydrogen-bond donors (Lipinski definition) is 2. The molecule has 35 heavy (non-hydrogen) atoms. The van der Waals surface area contributed by atoms with Crippen LogP contribution < -0.4 is 10.6 Å². The van der Waals surface area contributed by atoms with E-state index in [9.17, 15) is 4.79 Å². The van der Waals surface area contributed by atoms with Gasteiger partial charge >= 0.3 is 0 Å². The van der Waals surface area contributed by atoms with Crippen molar-refractivity contribution in [3.63, 3.8) is 0 Å². The molecule has 1 saturated heterocycles. The molecule has 1 fully saturated rings. The molecule has 3 rings (SSSR count). The van der Waals surface area contributed by atoms with Gasteiger partial charge in [-0.2, -0.15) is 0 Å². The van der Waals surface area contributed by atoms with Gasteiger partial charge in [-0.15, -0.1) is 12.4 Å². The molecule has 0 spiro atoms. The summed E-state index contributed by atoms with van der Waals surface area (Å²) >= 11 is 6.42. The van der Waals surface area contributed by atoms with Crippen molar-refractivity contribution >= 4 is 46.5 Å². The van der Waals surface area contributed by atoms with Crippen LogP contribution in [0.1, 0.15) is 44.4 Å². The van der Waals surface area contributed by atoms with Crippen molar-refractivity contribution in [2.75, 3.05) is 13.6 Å². The maximum atomic E-state index is 12.5. The Balaban J connectivity index is 0.00000432. The molecule has 0 bridgehead atoms. The Morgan fingerprint density at radius 1 is 1.34 bits per heavy atom. The molecule has 188 valence electrons. The second-order valence-corrected chi connectivity index (χ2v) is 9.04. The van der Waals surface area contributed by atoms with Crippen LogP contribution >= 0.6 is 24.0 Å². The van der Waals surface area contributed by atoms with Gasteiger partial charge in [-0.25, -0.2) is 0 Å². The molecule has 1 atom stereocenters. The standard InChI is InChI=1S/C28H34ClN3O2.ClH/c1-6-8-11-21(7-2)26-17-22-15-24(29)16-23(27(22)34-26)18-32(5)20(4)14-19(3)31-28(33)25-12-9-10-13-30-25;/h6-8,11,14-17,25,30H,2-3,9-10,12-13,18H2,1,4-5H3,(H,31,33);1H/t25-;/m0./s1. The zero-order chi connectivity index (χ0) is 24.7. The summed E-state index contributed by atoms with van der Waals surface area (Å²) in [6.07, 6.45) is 12.6. The molecule has 2 heterocycles. The van der Waals surface area contributed by atoms with Gasteiger partial charge in [-0.05, 0) is 57.5 Å². The number of hydrogen-bond acceptors (Lipinski definition) is 4. The summed E-state index contributed by atoms with van der Waals surface area (Å²) in [5.74, 6) is 0.717. The van der Waals surface area contributed by atoms with Crippen molar-refractivity contribution in [2.24, 2.45) is 0 Å². The van der Waals surface area contributed by atoms with Crippen molar-refractivity contribution in [2.45, 2.75) is 45.7 Å². The molecule has 1 amide bonds. The minimum atomic E-state index is -0.146. The monoisotopic (exact) mass is 515 g/mol. The Labute approximate surface area is 219 Å². The van der Waals surface area contributed by atoms with E-state index >= 15 is 0 Å². The SMILES string of the molecule is C=CC(=CC=CC)c1cc2cc(Cl)cc(CN(C)C(C)=CC(=C)NC(=O)[C@@H]3CCCCN3)c2o1.Cl. The molecule has 1 aromatic heterocycles. The van der Waals surface area contributed by atoms with Gasteiger partial charge in [0.05, 0.1) is 6.04 Å². The fourth-order valence-corrected chi connectivity index (χ4v) is 4.24. The highest BCUT2D eigenvalue weighted by atomic mass is 35.5. The maximum Gasteiger partial charge on any atom is 0.241 e. The summed E-state index contributed by atoms with van der Waals surface area (Å²) in [6.45, 7) is 13.3. The van der Waals surface area contributed by atoms with Crippen LogP contribution in [-0.4, -0.2) is 30.4 Å². The summed E-state index contributed by atoms with van der Waals surface area (Å²) in [4.78, 5) is 14.5. The van der Waals surface area contributed by atoms with Crippen molar-refractivity contribution < 1.29 is 9.21 Å². The van der Waals surface area contributed by atoms with Crippen LogP contribution in [0, 0.1) is 0 Å². The molecule has 1 aliphatic heterocycles. The lowest BCUT2D eigenvalue weighted by molar-refractivity contribution is -0.122. The molecule has 0 unspecified atom stereocenters. The smallest absolute Gasteiger partial charge is 0.241 e. The van der Waals surface area contributed by atoms with E-state index in [1.807, 2.05) is 63.4 Å². The molecular formula is C28H35Cl2N3O2. The first-order chi connectivity index (χ1) is 16.3. The predicted octanol–water partition coefficient (Wildman–Crippen LogP) is 6.76. The Bertz CT molecular complexity index is 1150. The first-order valence-electron chi connectivity index (χ1n) is 11.6. The second-order valence-electron chi connectivity index (χ2n) is 8.60.